The van der Waals surface area contributed by atoms with Gasteiger partial charge in [-0.15, -0.1) is 0 Å². The maximum atomic E-state index is 12.0. The predicted octanol–water partition coefficient (Wildman–Crippen LogP) is 4.08. The molecule has 22 heavy (non-hydrogen) atoms. The van der Waals surface area contributed by atoms with Gasteiger partial charge < -0.3 is 0 Å². The number of nitrogens with zero attached hydrogens (tertiary/aromatic N) is 2. The van der Waals surface area contributed by atoms with Gasteiger partial charge in [0.05, 0.1) is 4.92 Å². The highest BCUT2D eigenvalue weighted by Crippen LogP contribution is 2.25. The molecular weight excluding hydrogens is 306 g/mol. The van der Waals surface area contributed by atoms with Crippen molar-refractivity contribution < 1.29 is 9.72 Å². The average Bonchev–Trinajstić information content (AvgIpc) is 2.46. The van der Waals surface area contributed by atoms with Gasteiger partial charge in [-0.3, -0.25) is 14.9 Å². The summed E-state index contributed by atoms with van der Waals surface area (Å²) in [4.78, 5) is 22.3. The third-order valence-corrected chi connectivity index (χ3v) is 3.97. The van der Waals surface area contributed by atoms with Crippen molar-refractivity contribution in [2.24, 2.45) is 5.10 Å². The lowest BCUT2D eigenvalue weighted by molar-refractivity contribution is -0.384. The Morgan fingerprint density at radius 1 is 1.18 bits per heavy atom. The summed E-state index contributed by atoms with van der Waals surface area (Å²) in [7, 11) is 0. The first-order valence-electron chi connectivity index (χ1n) is 7.37. The van der Waals surface area contributed by atoms with Crippen LogP contribution in [0.5, 0.6) is 0 Å². The van der Waals surface area contributed by atoms with Crippen LogP contribution in [0.4, 0.5) is 5.69 Å². The summed E-state index contributed by atoms with van der Waals surface area (Å²) in [5, 5.41) is 15.0. The monoisotopic (exact) mass is 323 g/mol. The Labute approximate surface area is 133 Å². The van der Waals surface area contributed by atoms with Gasteiger partial charge in [0, 0.05) is 17.3 Å². The Hall–Kier alpha value is -1.95. The largest absolute Gasteiger partial charge is 0.288 e. The van der Waals surface area contributed by atoms with Gasteiger partial charge in [0.15, 0.2) is 0 Å². The Morgan fingerprint density at radius 3 is 2.45 bits per heavy atom. The molecule has 7 heteroatoms. The van der Waals surface area contributed by atoms with Crippen molar-refractivity contribution in [3.05, 3.63) is 38.9 Å². The zero-order valence-electron chi connectivity index (χ0n) is 12.2. The highest BCUT2D eigenvalue weighted by Gasteiger charge is 2.16. The van der Waals surface area contributed by atoms with Crippen molar-refractivity contribution in [2.75, 3.05) is 0 Å². The van der Waals surface area contributed by atoms with E-state index in [1.54, 1.807) is 0 Å². The normalized spacial score (nSPS) is 15.6. The second kappa shape index (κ2) is 7.89. The summed E-state index contributed by atoms with van der Waals surface area (Å²) in [6, 6.07) is 3.95. The van der Waals surface area contributed by atoms with Crippen LogP contribution in [0.2, 0.25) is 5.02 Å². The van der Waals surface area contributed by atoms with Gasteiger partial charge in [0.25, 0.3) is 11.6 Å². The molecular formula is C15H18ClN3O3. The van der Waals surface area contributed by atoms with Crippen molar-refractivity contribution >= 4 is 28.9 Å². The highest BCUT2D eigenvalue weighted by atomic mass is 35.5. The summed E-state index contributed by atoms with van der Waals surface area (Å²) in [6.45, 7) is 0. The van der Waals surface area contributed by atoms with Gasteiger partial charge in [-0.05, 0) is 37.8 Å². The number of halogens is 1. The maximum Gasteiger partial charge on any atom is 0.288 e. The fraction of sp³-hybridized carbons (Fsp3) is 0.467. The van der Waals surface area contributed by atoms with Crippen molar-refractivity contribution in [1.82, 2.24) is 5.43 Å². The van der Waals surface area contributed by atoms with Crippen LogP contribution < -0.4 is 5.43 Å². The molecule has 0 heterocycles. The number of nitro groups is 1. The lowest BCUT2D eigenvalue weighted by Gasteiger charge is -2.11. The van der Waals surface area contributed by atoms with Crippen LogP contribution in [-0.4, -0.2) is 16.5 Å². The highest BCUT2D eigenvalue weighted by molar-refractivity contribution is 6.32. The minimum Gasteiger partial charge on any atom is -0.267 e. The van der Waals surface area contributed by atoms with E-state index in [4.69, 9.17) is 11.6 Å². The zero-order valence-corrected chi connectivity index (χ0v) is 12.9. The van der Waals surface area contributed by atoms with Crippen LogP contribution in [0.15, 0.2) is 23.3 Å². The van der Waals surface area contributed by atoms with Gasteiger partial charge >= 0.3 is 0 Å². The molecule has 1 saturated carbocycles. The van der Waals surface area contributed by atoms with E-state index in [-0.39, 0.29) is 16.3 Å². The van der Waals surface area contributed by atoms with Crippen molar-refractivity contribution in [2.45, 2.75) is 44.9 Å². The molecule has 0 saturated heterocycles. The van der Waals surface area contributed by atoms with E-state index in [1.807, 2.05) is 0 Å². The molecule has 0 spiro atoms. The zero-order chi connectivity index (χ0) is 15.9. The molecule has 0 atom stereocenters. The van der Waals surface area contributed by atoms with E-state index < -0.39 is 10.8 Å². The van der Waals surface area contributed by atoms with Crippen molar-refractivity contribution in [1.29, 1.82) is 0 Å². The maximum absolute atomic E-state index is 12.0. The minimum absolute atomic E-state index is 0.00730. The number of hydrogen-bond donors (Lipinski definition) is 1. The topological polar surface area (TPSA) is 84.6 Å². The number of hydrazone groups is 1. The van der Waals surface area contributed by atoms with Crippen LogP contribution >= 0.6 is 11.6 Å². The summed E-state index contributed by atoms with van der Waals surface area (Å²) >= 11 is 5.73. The van der Waals surface area contributed by atoms with E-state index in [2.05, 4.69) is 10.5 Å². The predicted molar refractivity (Wildman–Crippen MR) is 85.3 cm³/mol. The minimum atomic E-state index is -0.611. The Balaban J connectivity index is 2.05. The molecule has 1 aliphatic carbocycles. The molecule has 1 fully saturated rings. The van der Waals surface area contributed by atoms with Gasteiger partial charge in [-0.25, -0.2) is 5.43 Å². The van der Waals surface area contributed by atoms with Gasteiger partial charge in [-0.1, -0.05) is 30.9 Å². The first-order valence-corrected chi connectivity index (χ1v) is 7.75. The van der Waals surface area contributed by atoms with Crippen molar-refractivity contribution in [3.63, 3.8) is 0 Å². The molecule has 0 aliphatic heterocycles. The summed E-state index contributed by atoms with van der Waals surface area (Å²) in [5.41, 5.74) is 3.36. The van der Waals surface area contributed by atoms with E-state index >= 15 is 0 Å². The fourth-order valence-corrected chi connectivity index (χ4v) is 2.60. The average molecular weight is 324 g/mol. The van der Waals surface area contributed by atoms with Crippen LogP contribution in [0, 0.1) is 10.1 Å². The van der Waals surface area contributed by atoms with Crippen molar-refractivity contribution in [3.8, 4) is 0 Å². The number of carbonyl (C=O) groups excluding carboxylic acids is 1. The molecule has 6 nitrogen and oxygen atoms in total. The third-order valence-electron chi connectivity index (χ3n) is 3.65. The molecule has 1 amide bonds. The molecule has 0 aromatic heterocycles. The first kappa shape index (κ1) is 16.4. The Kier molecular flexibility index (Phi) is 5.89. The molecule has 1 N–H and O–H groups in total. The smallest absolute Gasteiger partial charge is 0.267 e. The van der Waals surface area contributed by atoms with E-state index in [1.165, 1.54) is 31.4 Å². The fourth-order valence-electron chi connectivity index (χ4n) is 2.41. The van der Waals surface area contributed by atoms with Gasteiger partial charge in [0.1, 0.15) is 5.02 Å². The molecule has 2 rings (SSSR count). The Bertz CT molecular complexity index is 592. The standard InChI is InChI=1S/C15H18ClN3O3/c16-13-9-8-11(10-14(13)19(21)22)15(20)18-17-12-6-4-2-1-3-5-7-12/h8-10H,1-7H2,(H,18,20). The van der Waals surface area contributed by atoms with E-state index in [0.717, 1.165) is 37.5 Å². The molecule has 0 unspecified atom stereocenters. The molecule has 0 bridgehead atoms. The van der Waals surface area contributed by atoms with Crippen LogP contribution in [-0.2, 0) is 0 Å². The lowest BCUT2D eigenvalue weighted by atomic mass is 9.99. The Morgan fingerprint density at radius 2 is 1.82 bits per heavy atom. The number of nitro benzene ring substituents is 1. The van der Waals surface area contributed by atoms with Crippen LogP contribution in [0.25, 0.3) is 0 Å². The number of carbonyl (C=O) groups is 1. The lowest BCUT2D eigenvalue weighted by Crippen LogP contribution is -2.20. The number of amides is 1. The number of benzene rings is 1. The summed E-state index contributed by atoms with van der Waals surface area (Å²) < 4.78 is 0. The molecule has 0 radical (unpaired) electrons. The van der Waals surface area contributed by atoms with Gasteiger partial charge in [0.2, 0.25) is 0 Å². The number of rotatable bonds is 3. The SMILES string of the molecule is O=C(NN=C1CCCCCCC1)c1ccc(Cl)c([N+](=O)[O-])c1. The second-order valence-corrected chi connectivity index (χ2v) is 5.72. The summed E-state index contributed by atoms with van der Waals surface area (Å²) in [5.74, 6) is -0.464. The van der Waals surface area contributed by atoms with E-state index in [9.17, 15) is 14.9 Å². The van der Waals surface area contributed by atoms with Crippen LogP contribution in [0.1, 0.15) is 55.3 Å². The molecule has 118 valence electrons. The van der Waals surface area contributed by atoms with Gasteiger partial charge in [-0.2, -0.15) is 5.10 Å². The quantitative estimate of drug-likeness (QED) is 0.671. The molecule has 1 aliphatic rings. The molecule has 1 aromatic rings. The number of hydrogen-bond acceptors (Lipinski definition) is 4. The second-order valence-electron chi connectivity index (χ2n) is 5.31. The van der Waals surface area contributed by atoms with E-state index in [0.29, 0.717) is 0 Å². The first-order chi connectivity index (χ1) is 10.6. The molecule has 1 aromatic carbocycles. The number of nitrogens with one attached hydrogen (secondary N) is 1. The van der Waals surface area contributed by atoms with Crippen LogP contribution in [0.3, 0.4) is 0 Å². The third kappa shape index (κ3) is 4.53. The summed E-state index contributed by atoms with van der Waals surface area (Å²) in [6.07, 6.45) is 7.59.